The Morgan fingerprint density at radius 1 is 0.750 bits per heavy atom. The van der Waals surface area contributed by atoms with Crippen molar-refractivity contribution in [1.29, 1.82) is 0 Å². The van der Waals surface area contributed by atoms with Crippen molar-refractivity contribution < 1.29 is 20.1 Å². The molecule has 0 aliphatic carbocycles. The van der Waals surface area contributed by atoms with Gasteiger partial charge in [-0.2, -0.15) is 0 Å². The minimum absolute atomic E-state index is 0. The van der Waals surface area contributed by atoms with Crippen LogP contribution in [0.4, 0.5) is 0 Å². The second-order valence-corrected chi connectivity index (χ2v) is 19.0. The number of pyridine rings is 2. The van der Waals surface area contributed by atoms with Crippen molar-refractivity contribution in [2.45, 2.75) is 73.5 Å². The maximum absolute atomic E-state index is 4.66. The van der Waals surface area contributed by atoms with Gasteiger partial charge in [0.2, 0.25) is 0 Å². The molecule has 0 fully saturated rings. The molecular weight excluding hydrogens is 729 g/mol. The number of rotatable bonds is 6. The van der Waals surface area contributed by atoms with Crippen LogP contribution in [-0.2, 0) is 26.5 Å². The summed E-state index contributed by atoms with van der Waals surface area (Å²) in [6.07, 6.45) is 5.14. The number of nitrogens with zero attached hydrogens (tertiary/aromatic N) is 2. The van der Waals surface area contributed by atoms with E-state index in [2.05, 4.69) is 132 Å². The van der Waals surface area contributed by atoms with Crippen molar-refractivity contribution in [3.8, 4) is 33.6 Å². The predicted octanol–water partition coefficient (Wildman–Crippen LogP) is 10.3. The molecule has 0 aliphatic heterocycles. The van der Waals surface area contributed by atoms with E-state index in [9.17, 15) is 0 Å². The zero-order chi connectivity index (χ0) is 31.2. The van der Waals surface area contributed by atoms with Gasteiger partial charge in [-0.3, -0.25) is 0 Å². The van der Waals surface area contributed by atoms with Gasteiger partial charge in [0.25, 0.3) is 0 Å². The Hall–Kier alpha value is -3.17. The van der Waals surface area contributed by atoms with E-state index < -0.39 is 8.07 Å². The van der Waals surface area contributed by atoms with E-state index in [-0.39, 0.29) is 20.1 Å². The molecule has 2 aromatic heterocycles. The summed E-state index contributed by atoms with van der Waals surface area (Å²) in [5, 5.41) is 1.47. The van der Waals surface area contributed by atoms with Crippen LogP contribution in [0.15, 0.2) is 97.3 Å². The molecule has 0 amide bonds. The van der Waals surface area contributed by atoms with Crippen LogP contribution in [0.2, 0.25) is 19.6 Å². The zero-order valence-electron chi connectivity index (χ0n) is 27.7. The molecule has 5 rings (SSSR count). The zero-order valence-corrected chi connectivity index (χ0v) is 31.1. The predicted molar refractivity (Wildman–Crippen MR) is 187 cm³/mol. The van der Waals surface area contributed by atoms with Gasteiger partial charge in [-0.15, -0.1) is 71.8 Å². The molecule has 3 aromatic carbocycles. The Labute approximate surface area is 280 Å². The molecule has 5 aromatic rings. The van der Waals surface area contributed by atoms with Crippen molar-refractivity contribution in [1.82, 2.24) is 9.97 Å². The molecule has 0 aliphatic rings. The Morgan fingerprint density at radius 3 is 1.77 bits per heavy atom. The van der Waals surface area contributed by atoms with Crippen LogP contribution in [0.3, 0.4) is 0 Å². The average Bonchev–Trinajstić information content (AvgIpc) is 2.97. The van der Waals surface area contributed by atoms with E-state index in [0.29, 0.717) is 11.3 Å². The number of hydrogen-bond acceptors (Lipinski definition) is 2. The largest absolute Gasteiger partial charge is 0.305 e. The molecule has 0 spiro atoms. The minimum atomic E-state index is -1.34. The van der Waals surface area contributed by atoms with Crippen LogP contribution in [0.1, 0.15) is 57.2 Å². The maximum atomic E-state index is 4.66. The Balaban J connectivity index is 0.000000241. The number of aryl methyl sites for hydroxylation is 1. The smallest absolute Gasteiger partial charge is 0.0799 e. The van der Waals surface area contributed by atoms with E-state index in [0.717, 1.165) is 28.9 Å². The van der Waals surface area contributed by atoms with E-state index in [1.54, 1.807) is 0 Å². The fourth-order valence-corrected chi connectivity index (χ4v) is 6.90. The summed E-state index contributed by atoms with van der Waals surface area (Å²) in [5.41, 5.74) is 10.9. The molecule has 0 saturated heterocycles. The van der Waals surface area contributed by atoms with Gasteiger partial charge in [0.1, 0.15) is 0 Å². The third-order valence-electron chi connectivity index (χ3n) is 7.44. The van der Waals surface area contributed by atoms with Gasteiger partial charge in [0.15, 0.2) is 0 Å². The van der Waals surface area contributed by atoms with Gasteiger partial charge in [-0.05, 0) is 63.5 Å². The summed E-state index contributed by atoms with van der Waals surface area (Å²) in [4.78, 5) is 9.23. The van der Waals surface area contributed by atoms with Crippen LogP contribution in [-0.4, -0.2) is 18.0 Å². The van der Waals surface area contributed by atoms with E-state index in [1.165, 1.54) is 33.0 Å². The van der Waals surface area contributed by atoms with Crippen molar-refractivity contribution in [2.24, 2.45) is 5.41 Å². The molecule has 231 valence electrons. The molecule has 4 heteroatoms. The normalized spacial score (nSPS) is 11.4. The van der Waals surface area contributed by atoms with Crippen molar-refractivity contribution in [3.05, 3.63) is 126 Å². The first kappa shape index (κ1) is 35.3. The van der Waals surface area contributed by atoms with Crippen LogP contribution in [0, 0.1) is 24.5 Å². The third kappa shape index (κ3) is 9.66. The average molecular weight is 775 g/mol. The van der Waals surface area contributed by atoms with Crippen molar-refractivity contribution in [2.75, 3.05) is 0 Å². The Kier molecular flexibility index (Phi) is 12.2. The van der Waals surface area contributed by atoms with E-state index in [4.69, 9.17) is 0 Å². The standard InChI is InChI=1S/C23H24N.C17H22NSi.Ir/c1-17-16-24-22(20-8-6-5-7-9-20)14-21(17)19-12-10-18(11-13-19)15-23(2,3)4;1-13(2)15-11-16(14-9-7-6-8-10-14)18-12-17(15)19(3,4)5;/h5-8,10-14,16H,15H2,1-4H3;6-9,11-13H,1-5H3;/q2*-1;. The van der Waals surface area contributed by atoms with Gasteiger partial charge in [-0.25, -0.2) is 0 Å². The van der Waals surface area contributed by atoms with Gasteiger partial charge in [-0.1, -0.05) is 96.2 Å². The summed E-state index contributed by atoms with van der Waals surface area (Å²) in [5.74, 6) is 0.534. The molecule has 0 unspecified atom stereocenters. The second-order valence-electron chi connectivity index (χ2n) is 13.9. The van der Waals surface area contributed by atoms with Crippen molar-refractivity contribution >= 4 is 13.3 Å². The number of hydrogen-bond donors (Lipinski definition) is 0. The molecule has 1 radical (unpaired) electrons. The Morgan fingerprint density at radius 2 is 1.30 bits per heavy atom. The van der Waals surface area contributed by atoms with Crippen molar-refractivity contribution in [3.63, 3.8) is 0 Å². The molecule has 0 bridgehead atoms. The van der Waals surface area contributed by atoms with Gasteiger partial charge in [0.05, 0.1) is 8.07 Å². The molecular formula is C40H46IrN2Si-2. The monoisotopic (exact) mass is 775 g/mol. The topological polar surface area (TPSA) is 25.8 Å². The van der Waals surface area contributed by atoms with E-state index >= 15 is 0 Å². The quantitative estimate of drug-likeness (QED) is 0.127. The van der Waals surface area contributed by atoms with Gasteiger partial charge in [0, 0.05) is 32.5 Å². The van der Waals surface area contributed by atoms with Crippen LogP contribution < -0.4 is 5.19 Å². The Bertz CT molecular complexity index is 1620. The fourth-order valence-electron chi connectivity index (χ4n) is 5.22. The molecule has 0 saturated carbocycles. The minimum Gasteiger partial charge on any atom is -0.305 e. The number of aromatic nitrogens is 2. The second kappa shape index (κ2) is 15.2. The fraction of sp³-hybridized carbons (Fsp3) is 0.300. The molecule has 44 heavy (non-hydrogen) atoms. The number of benzene rings is 3. The summed E-state index contributed by atoms with van der Waals surface area (Å²) >= 11 is 0. The first-order valence-electron chi connectivity index (χ1n) is 15.3. The summed E-state index contributed by atoms with van der Waals surface area (Å²) < 4.78 is 0. The van der Waals surface area contributed by atoms with Crippen LogP contribution in [0.25, 0.3) is 33.6 Å². The first-order valence-corrected chi connectivity index (χ1v) is 18.8. The summed E-state index contributed by atoms with van der Waals surface area (Å²) in [6.45, 7) is 20.6. The van der Waals surface area contributed by atoms with E-state index in [1.807, 2.05) is 48.7 Å². The van der Waals surface area contributed by atoms with Gasteiger partial charge >= 0.3 is 0 Å². The first-order chi connectivity index (χ1) is 20.3. The van der Waals surface area contributed by atoms with Crippen LogP contribution >= 0.6 is 0 Å². The molecule has 2 heterocycles. The van der Waals surface area contributed by atoms with Gasteiger partial charge < -0.3 is 9.97 Å². The summed E-state index contributed by atoms with van der Waals surface area (Å²) in [6, 6.07) is 35.9. The SMILES string of the molecule is CC(C)c1cc(-c2[c-]cccc2)ncc1[Si](C)(C)C.Cc1cnc(-c2[c-]cccc2)cc1-c1ccc(CC(C)(C)C)cc1.[Ir]. The molecule has 0 N–H and O–H groups in total. The molecule has 0 atom stereocenters. The maximum Gasteiger partial charge on any atom is 0.0799 e. The molecule has 2 nitrogen and oxygen atoms in total. The van der Waals surface area contributed by atoms with Crippen LogP contribution in [0.5, 0.6) is 0 Å². The third-order valence-corrected chi connectivity index (χ3v) is 9.47. The summed E-state index contributed by atoms with van der Waals surface area (Å²) in [7, 11) is -1.34.